The van der Waals surface area contributed by atoms with Crippen molar-refractivity contribution in [2.24, 2.45) is 0 Å². The highest BCUT2D eigenvalue weighted by Crippen LogP contribution is 2.24. The molecule has 0 fully saturated rings. The van der Waals surface area contributed by atoms with Crippen molar-refractivity contribution in [1.82, 2.24) is 0 Å². The number of hydrogen-bond donors (Lipinski definition) is 1. The van der Waals surface area contributed by atoms with Gasteiger partial charge in [0, 0.05) is 28.4 Å². The van der Waals surface area contributed by atoms with Crippen LogP contribution in [-0.4, -0.2) is 12.9 Å². The Labute approximate surface area is 158 Å². The Morgan fingerprint density at radius 1 is 0.962 bits per heavy atom. The summed E-state index contributed by atoms with van der Waals surface area (Å²) in [5.41, 5.74) is 3.77. The summed E-state index contributed by atoms with van der Waals surface area (Å²) < 4.78 is 5.18. The molecule has 0 unspecified atom stereocenters. The third-order valence-corrected chi connectivity index (χ3v) is 4.43. The number of carbonyl (C=O) groups excluding carboxylic acids is 1. The fourth-order valence-corrected chi connectivity index (χ4v) is 2.84. The topological polar surface area (TPSA) is 38.3 Å². The van der Waals surface area contributed by atoms with Crippen LogP contribution in [0.15, 0.2) is 72.8 Å². The van der Waals surface area contributed by atoms with E-state index >= 15 is 0 Å². The highest BCUT2D eigenvalue weighted by Gasteiger charge is 2.09. The number of nitrogens with one attached hydrogen (secondary N) is 1. The number of anilines is 2. The van der Waals surface area contributed by atoms with Gasteiger partial charge in [0.25, 0.3) is 0 Å². The van der Waals surface area contributed by atoms with E-state index in [2.05, 4.69) is 5.32 Å². The van der Waals surface area contributed by atoms with Gasteiger partial charge < -0.3 is 10.1 Å². The summed E-state index contributed by atoms with van der Waals surface area (Å²) in [5.74, 6) is 0.929. The molecule has 0 aliphatic carbocycles. The van der Waals surface area contributed by atoms with E-state index in [1.807, 2.05) is 48.5 Å². The van der Waals surface area contributed by atoms with Crippen molar-refractivity contribution >= 4 is 28.8 Å². The molecule has 3 aromatic rings. The molecule has 3 rings (SSSR count). The number of ether oxygens (including phenoxy) is 1. The number of aryl methyl sites for hydroxylation is 1. The first-order valence-electron chi connectivity index (χ1n) is 8.43. The van der Waals surface area contributed by atoms with Crippen molar-refractivity contribution in [3.8, 4) is 5.75 Å². The largest absolute Gasteiger partial charge is 0.497 e. The Morgan fingerprint density at radius 2 is 1.65 bits per heavy atom. The van der Waals surface area contributed by atoms with Crippen LogP contribution in [0.1, 0.15) is 22.3 Å². The number of halogens is 1. The zero-order valence-electron chi connectivity index (χ0n) is 14.5. The molecule has 0 aliphatic heterocycles. The van der Waals surface area contributed by atoms with E-state index in [0.717, 1.165) is 22.7 Å². The van der Waals surface area contributed by atoms with Crippen molar-refractivity contribution in [3.63, 3.8) is 0 Å². The summed E-state index contributed by atoms with van der Waals surface area (Å²) >= 11 is 5.88. The molecule has 0 aromatic heterocycles. The minimum atomic E-state index is 0.112. The molecule has 0 aliphatic rings. The molecule has 0 saturated carbocycles. The van der Waals surface area contributed by atoms with Gasteiger partial charge in [-0.1, -0.05) is 29.8 Å². The molecule has 3 aromatic carbocycles. The SMILES string of the molecule is COc1ccc(Nc2ccccc2CCC(=O)c2ccc(Cl)cc2)cc1. The van der Waals surface area contributed by atoms with Gasteiger partial charge in [-0.15, -0.1) is 0 Å². The molecular formula is C22H20ClNO2. The molecule has 3 nitrogen and oxygen atoms in total. The van der Waals surface area contributed by atoms with Gasteiger partial charge in [0.2, 0.25) is 0 Å². The second-order valence-electron chi connectivity index (χ2n) is 5.94. The number of para-hydroxylation sites is 1. The fourth-order valence-electron chi connectivity index (χ4n) is 2.72. The number of Topliss-reactive ketones (excluding diaryl/α,β-unsaturated/α-hetero) is 1. The monoisotopic (exact) mass is 365 g/mol. The van der Waals surface area contributed by atoms with Crippen molar-refractivity contribution in [3.05, 3.63) is 88.9 Å². The lowest BCUT2D eigenvalue weighted by molar-refractivity contribution is 0.0983. The number of ketones is 1. The Balaban J connectivity index is 1.68. The van der Waals surface area contributed by atoms with Crippen LogP contribution in [0.3, 0.4) is 0 Å². The highest BCUT2D eigenvalue weighted by atomic mass is 35.5. The minimum absolute atomic E-state index is 0.112. The van der Waals surface area contributed by atoms with Crippen LogP contribution >= 0.6 is 11.6 Å². The lowest BCUT2D eigenvalue weighted by atomic mass is 10.0. The van der Waals surface area contributed by atoms with E-state index in [1.54, 1.807) is 31.4 Å². The molecule has 1 N–H and O–H groups in total. The molecule has 4 heteroatoms. The van der Waals surface area contributed by atoms with Crippen LogP contribution in [0, 0.1) is 0 Å². The van der Waals surface area contributed by atoms with Crippen LogP contribution in [0.25, 0.3) is 0 Å². The average molecular weight is 366 g/mol. The molecule has 0 heterocycles. The molecule has 132 valence electrons. The van der Waals surface area contributed by atoms with E-state index in [-0.39, 0.29) is 5.78 Å². The normalized spacial score (nSPS) is 10.4. The number of benzene rings is 3. The standard InChI is InChI=1S/C22H20ClNO2/c1-26-20-13-11-19(12-14-20)24-21-5-3-2-4-16(21)8-15-22(25)17-6-9-18(23)10-7-17/h2-7,9-14,24H,8,15H2,1H3. The van der Waals surface area contributed by atoms with Crippen molar-refractivity contribution in [1.29, 1.82) is 0 Å². The van der Waals surface area contributed by atoms with E-state index < -0.39 is 0 Å². The number of carbonyl (C=O) groups is 1. The molecule has 0 amide bonds. The minimum Gasteiger partial charge on any atom is -0.497 e. The van der Waals surface area contributed by atoms with Crippen LogP contribution in [-0.2, 0) is 6.42 Å². The summed E-state index contributed by atoms with van der Waals surface area (Å²) in [6.45, 7) is 0. The molecule has 26 heavy (non-hydrogen) atoms. The van der Waals surface area contributed by atoms with Crippen LogP contribution < -0.4 is 10.1 Å². The van der Waals surface area contributed by atoms with Crippen LogP contribution in [0.2, 0.25) is 5.02 Å². The highest BCUT2D eigenvalue weighted by molar-refractivity contribution is 6.30. The maximum Gasteiger partial charge on any atom is 0.163 e. The molecule has 0 bridgehead atoms. The molecule has 0 spiro atoms. The fraction of sp³-hybridized carbons (Fsp3) is 0.136. The molecule has 0 radical (unpaired) electrons. The van der Waals surface area contributed by atoms with Crippen molar-refractivity contribution < 1.29 is 9.53 Å². The summed E-state index contributed by atoms with van der Waals surface area (Å²) in [5, 5.41) is 4.05. The predicted octanol–water partition coefficient (Wildman–Crippen LogP) is 5.91. The predicted molar refractivity (Wildman–Crippen MR) is 107 cm³/mol. The van der Waals surface area contributed by atoms with Crippen molar-refractivity contribution in [2.75, 3.05) is 12.4 Å². The van der Waals surface area contributed by atoms with Gasteiger partial charge in [-0.05, 0) is 66.6 Å². The zero-order valence-corrected chi connectivity index (χ0v) is 15.3. The van der Waals surface area contributed by atoms with Crippen LogP contribution in [0.5, 0.6) is 5.75 Å². The third kappa shape index (κ3) is 4.64. The van der Waals surface area contributed by atoms with E-state index in [0.29, 0.717) is 23.4 Å². The maximum atomic E-state index is 12.4. The number of rotatable bonds is 7. The first-order chi connectivity index (χ1) is 12.7. The van der Waals surface area contributed by atoms with Gasteiger partial charge in [-0.3, -0.25) is 4.79 Å². The number of hydrogen-bond acceptors (Lipinski definition) is 3. The van der Waals surface area contributed by atoms with E-state index in [4.69, 9.17) is 16.3 Å². The van der Waals surface area contributed by atoms with Gasteiger partial charge in [-0.25, -0.2) is 0 Å². The van der Waals surface area contributed by atoms with Gasteiger partial charge in [0.15, 0.2) is 5.78 Å². The van der Waals surface area contributed by atoms with E-state index in [1.165, 1.54) is 0 Å². The Morgan fingerprint density at radius 3 is 2.35 bits per heavy atom. The summed E-state index contributed by atoms with van der Waals surface area (Å²) in [6, 6.07) is 22.8. The lowest BCUT2D eigenvalue weighted by Crippen LogP contribution is -2.03. The Kier molecular flexibility index (Phi) is 5.92. The number of methoxy groups -OCH3 is 1. The smallest absolute Gasteiger partial charge is 0.163 e. The summed E-state index contributed by atoms with van der Waals surface area (Å²) in [6.07, 6.45) is 1.11. The maximum absolute atomic E-state index is 12.4. The van der Waals surface area contributed by atoms with Crippen molar-refractivity contribution in [2.45, 2.75) is 12.8 Å². The Hall–Kier alpha value is -2.78. The van der Waals surface area contributed by atoms with Gasteiger partial charge in [0.1, 0.15) is 5.75 Å². The second kappa shape index (κ2) is 8.54. The van der Waals surface area contributed by atoms with Gasteiger partial charge in [-0.2, -0.15) is 0 Å². The third-order valence-electron chi connectivity index (χ3n) is 4.17. The molecular weight excluding hydrogens is 346 g/mol. The molecule has 0 saturated heterocycles. The summed E-state index contributed by atoms with van der Waals surface area (Å²) in [4.78, 5) is 12.4. The quantitative estimate of drug-likeness (QED) is 0.529. The summed E-state index contributed by atoms with van der Waals surface area (Å²) in [7, 11) is 1.65. The first kappa shape index (κ1) is 18.0. The second-order valence-corrected chi connectivity index (χ2v) is 6.38. The van der Waals surface area contributed by atoms with Gasteiger partial charge in [0.05, 0.1) is 7.11 Å². The van der Waals surface area contributed by atoms with Gasteiger partial charge >= 0.3 is 0 Å². The van der Waals surface area contributed by atoms with E-state index in [9.17, 15) is 4.79 Å². The zero-order chi connectivity index (χ0) is 18.4. The molecule has 0 atom stereocenters. The Bertz CT molecular complexity index is 873. The average Bonchev–Trinajstić information content (AvgIpc) is 2.68. The lowest BCUT2D eigenvalue weighted by Gasteiger charge is -2.12. The first-order valence-corrected chi connectivity index (χ1v) is 8.81. The van der Waals surface area contributed by atoms with Crippen LogP contribution in [0.4, 0.5) is 11.4 Å².